The van der Waals surface area contributed by atoms with E-state index in [0.29, 0.717) is 17.3 Å². The highest BCUT2D eigenvalue weighted by molar-refractivity contribution is 6.06. The van der Waals surface area contributed by atoms with Gasteiger partial charge in [0.05, 0.1) is 5.69 Å². The summed E-state index contributed by atoms with van der Waals surface area (Å²) in [7, 11) is 0. The quantitative estimate of drug-likeness (QED) is 0.921. The van der Waals surface area contributed by atoms with Crippen LogP contribution in [0.5, 0.6) is 0 Å². The molecule has 0 radical (unpaired) electrons. The van der Waals surface area contributed by atoms with Gasteiger partial charge in [-0.2, -0.15) is 0 Å². The Kier molecular flexibility index (Phi) is 3.45. The number of hydrogen-bond donors (Lipinski definition) is 1. The lowest BCUT2D eigenvalue weighted by atomic mass is 9.93. The maximum atomic E-state index is 13.0. The maximum absolute atomic E-state index is 13.0. The van der Waals surface area contributed by atoms with Gasteiger partial charge in [-0.15, -0.1) is 0 Å². The van der Waals surface area contributed by atoms with Crippen LogP contribution in [-0.4, -0.2) is 17.0 Å². The van der Waals surface area contributed by atoms with Gasteiger partial charge in [0.2, 0.25) is 0 Å². The summed E-state index contributed by atoms with van der Waals surface area (Å²) in [5.41, 5.74) is 9.43. The van der Waals surface area contributed by atoms with Crippen molar-refractivity contribution in [3.63, 3.8) is 0 Å². The molecule has 2 N–H and O–H groups in total. The number of nitrogen functional groups attached to an aromatic ring is 1. The number of amides is 1. The van der Waals surface area contributed by atoms with Gasteiger partial charge >= 0.3 is 0 Å². The van der Waals surface area contributed by atoms with E-state index in [1.165, 1.54) is 5.56 Å². The molecule has 1 atom stereocenters. The van der Waals surface area contributed by atoms with Gasteiger partial charge in [0.25, 0.3) is 5.91 Å². The van der Waals surface area contributed by atoms with E-state index < -0.39 is 0 Å². The average molecular weight is 283 g/mol. The van der Waals surface area contributed by atoms with Gasteiger partial charge in [0.1, 0.15) is 5.69 Å². The second-order valence-electron chi connectivity index (χ2n) is 5.80. The standard InChI is InChI=1S/C17H21N3O/c1-3-19-11-14(18)9-16(19)17(21)20-10-12(2)8-13-6-4-5-7-15(13)20/h4-7,9,11-12H,3,8,10,18H2,1-2H3. The molecule has 2 heterocycles. The predicted molar refractivity (Wildman–Crippen MR) is 85.5 cm³/mol. The van der Waals surface area contributed by atoms with Crippen LogP contribution >= 0.6 is 0 Å². The van der Waals surface area contributed by atoms with Gasteiger partial charge in [-0.25, -0.2) is 0 Å². The molecule has 2 aromatic rings. The first kappa shape index (κ1) is 13.7. The number of hydrogen-bond acceptors (Lipinski definition) is 2. The highest BCUT2D eigenvalue weighted by atomic mass is 16.2. The molecule has 0 spiro atoms. The highest BCUT2D eigenvalue weighted by Gasteiger charge is 2.28. The molecule has 1 aromatic carbocycles. The zero-order valence-corrected chi connectivity index (χ0v) is 12.5. The van der Waals surface area contributed by atoms with E-state index in [2.05, 4.69) is 13.0 Å². The van der Waals surface area contributed by atoms with Crippen LogP contribution in [0.15, 0.2) is 36.5 Å². The normalized spacial score (nSPS) is 17.6. The molecule has 4 nitrogen and oxygen atoms in total. The summed E-state index contributed by atoms with van der Waals surface area (Å²) in [5.74, 6) is 0.499. The van der Waals surface area contributed by atoms with Crippen LogP contribution in [0.3, 0.4) is 0 Å². The number of nitrogens with two attached hydrogens (primary N) is 1. The fourth-order valence-electron chi connectivity index (χ4n) is 3.10. The van der Waals surface area contributed by atoms with Gasteiger partial charge in [-0.05, 0) is 37.0 Å². The van der Waals surface area contributed by atoms with Crippen molar-refractivity contribution in [1.29, 1.82) is 0 Å². The Morgan fingerprint density at radius 2 is 2.14 bits per heavy atom. The van der Waals surface area contributed by atoms with Crippen molar-refractivity contribution in [1.82, 2.24) is 4.57 Å². The summed E-state index contributed by atoms with van der Waals surface area (Å²) in [6.07, 6.45) is 2.85. The van der Waals surface area contributed by atoms with E-state index in [4.69, 9.17) is 5.73 Å². The first-order chi connectivity index (χ1) is 10.1. The van der Waals surface area contributed by atoms with Crippen molar-refractivity contribution < 1.29 is 4.79 Å². The number of aryl methyl sites for hydroxylation is 1. The molecule has 4 heteroatoms. The summed E-state index contributed by atoms with van der Waals surface area (Å²) in [6, 6.07) is 9.93. The number of para-hydroxylation sites is 1. The Hall–Kier alpha value is -2.23. The van der Waals surface area contributed by atoms with Gasteiger partial charge in [0, 0.05) is 25.0 Å². The fourth-order valence-corrected chi connectivity index (χ4v) is 3.10. The fraction of sp³-hybridized carbons (Fsp3) is 0.353. The first-order valence-electron chi connectivity index (χ1n) is 7.45. The molecule has 21 heavy (non-hydrogen) atoms. The molecular weight excluding hydrogens is 262 g/mol. The van der Waals surface area contributed by atoms with E-state index in [1.807, 2.05) is 40.8 Å². The van der Waals surface area contributed by atoms with Gasteiger partial charge in [-0.3, -0.25) is 4.79 Å². The molecule has 110 valence electrons. The number of anilines is 2. The summed E-state index contributed by atoms with van der Waals surface area (Å²) in [6.45, 7) is 5.69. The Balaban J connectivity index is 2.02. The van der Waals surface area contributed by atoms with Crippen LogP contribution in [0.1, 0.15) is 29.9 Å². The number of rotatable bonds is 2. The van der Waals surface area contributed by atoms with Crippen LogP contribution in [0.25, 0.3) is 0 Å². The van der Waals surface area contributed by atoms with Gasteiger partial charge in [-0.1, -0.05) is 25.1 Å². The molecule has 3 rings (SSSR count). The zero-order chi connectivity index (χ0) is 15.0. The van der Waals surface area contributed by atoms with Crippen LogP contribution in [0.2, 0.25) is 0 Å². The molecule has 1 unspecified atom stereocenters. The largest absolute Gasteiger partial charge is 0.397 e. The van der Waals surface area contributed by atoms with E-state index in [1.54, 1.807) is 6.07 Å². The SMILES string of the molecule is CCn1cc(N)cc1C(=O)N1CC(C)Cc2ccccc21. The molecule has 0 saturated carbocycles. The molecular formula is C17H21N3O. The van der Waals surface area contributed by atoms with Crippen LogP contribution in [0.4, 0.5) is 11.4 Å². The first-order valence-corrected chi connectivity index (χ1v) is 7.45. The minimum Gasteiger partial charge on any atom is -0.397 e. The smallest absolute Gasteiger partial charge is 0.274 e. The summed E-state index contributed by atoms with van der Waals surface area (Å²) < 4.78 is 1.92. The monoisotopic (exact) mass is 283 g/mol. The van der Waals surface area contributed by atoms with Crippen molar-refractivity contribution in [2.24, 2.45) is 5.92 Å². The Bertz CT molecular complexity index is 674. The minimum absolute atomic E-state index is 0.0348. The van der Waals surface area contributed by atoms with E-state index in [0.717, 1.165) is 25.2 Å². The van der Waals surface area contributed by atoms with Crippen molar-refractivity contribution in [3.8, 4) is 0 Å². The van der Waals surface area contributed by atoms with Crippen molar-refractivity contribution in [3.05, 3.63) is 47.8 Å². The molecule has 0 aliphatic carbocycles. The number of fused-ring (bicyclic) bond motifs is 1. The number of aromatic nitrogens is 1. The topological polar surface area (TPSA) is 51.3 Å². The van der Waals surface area contributed by atoms with E-state index in [-0.39, 0.29) is 5.91 Å². The third kappa shape index (κ3) is 2.42. The summed E-state index contributed by atoms with van der Waals surface area (Å²) >= 11 is 0. The van der Waals surface area contributed by atoms with Gasteiger partial charge in [0.15, 0.2) is 0 Å². The Labute approximate surface area is 125 Å². The third-order valence-corrected chi connectivity index (χ3v) is 4.07. The zero-order valence-electron chi connectivity index (χ0n) is 12.5. The molecule has 0 fully saturated rings. The summed E-state index contributed by atoms with van der Waals surface area (Å²) in [4.78, 5) is 14.8. The van der Waals surface area contributed by atoms with E-state index in [9.17, 15) is 4.79 Å². The second kappa shape index (κ2) is 5.28. The average Bonchev–Trinajstić information content (AvgIpc) is 2.86. The number of benzene rings is 1. The van der Waals surface area contributed by atoms with Crippen LogP contribution < -0.4 is 10.6 Å². The Morgan fingerprint density at radius 1 is 1.38 bits per heavy atom. The van der Waals surface area contributed by atoms with Crippen molar-refractivity contribution in [2.45, 2.75) is 26.8 Å². The minimum atomic E-state index is 0.0348. The lowest BCUT2D eigenvalue weighted by molar-refractivity contribution is 0.0972. The second-order valence-corrected chi connectivity index (χ2v) is 5.80. The lowest BCUT2D eigenvalue weighted by Crippen LogP contribution is -2.40. The molecule has 1 aliphatic rings. The predicted octanol–water partition coefficient (Wildman–Crippen LogP) is 2.93. The van der Waals surface area contributed by atoms with Crippen LogP contribution in [-0.2, 0) is 13.0 Å². The number of carbonyl (C=O) groups excluding carboxylic acids is 1. The molecule has 1 aromatic heterocycles. The van der Waals surface area contributed by atoms with Crippen LogP contribution in [0, 0.1) is 5.92 Å². The Morgan fingerprint density at radius 3 is 2.90 bits per heavy atom. The molecule has 1 amide bonds. The van der Waals surface area contributed by atoms with Crippen molar-refractivity contribution in [2.75, 3.05) is 17.2 Å². The molecule has 0 bridgehead atoms. The summed E-state index contributed by atoms with van der Waals surface area (Å²) in [5, 5.41) is 0. The molecule has 0 saturated heterocycles. The van der Waals surface area contributed by atoms with E-state index >= 15 is 0 Å². The highest BCUT2D eigenvalue weighted by Crippen LogP contribution is 2.31. The third-order valence-electron chi connectivity index (χ3n) is 4.07. The molecule has 1 aliphatic heterocycles. The number of nitrogens with zero attached hydrogens (tertiary/aromatic N) is 2. The maximum Gasteiger partial charge on any atom is 0.274 e. The van der Waals surface area contributed by atoms with Gasteiger partial charge < -0.3 is 15.2 Å². The van der Waals surface area contributed by atoms with Crippen molar-refractivity contribution >= 4 is 17.3 Å². The lowest BCUT2D eigenvalue weighted by Gasteiger charge is -2.33. The number of carbonyl (C=O) groups is 1.